The Balaban J connectivity index is 4.02. The molecule has 0 N–H and O–H groups in total. The quantitative estimate of drug-likeness (QED) is 0.443. The van der Waals surface area contributed by atoms with Crippen LogP contribution in [0.1, 0.15) is 27.7 Å². The van der Waals surface area contributed by atoms with Gasteiger partial charge in [0.15, 0.2) is 0 Å². The largest absolute Gasteiger partial charge is 0.444 e. The minimum Gasteiger partial charge on any atom is -0.444 e. The second kappa shape index (κ2) is 4.89. The maximum absolute atomic E-state index is 11.3. The summed E-state index contributed by atoms with van der Waals surface area (Å²) in [4.78, 5) is 13.0. The van der Waals surface area contributed by atoms with E-state index in [-0.39, 0.29) is 6.09 Å². The molecule has 0 bridgehead atoms. The normalized spacial score (nSPS) is 11.1. The van der Waals surface area contributed by atoms with E-state index in [2.05, 4.69) is 22.6 Å². The van der Waals surface area contributed by atoms with E-state index < -0.39 is 5.60 Å². The van der Waals surface area contributed by atoms with Gasteiger partial charge < -0.3 is 4.74 Å². The van der Waals surface area contributed by atoms with Crippen LogP contribution in [0.25, 0.3) is 0 Å². The van der Waals surface area contributed by atoms with Crippen molar-refractivity contribution in [3.05, 3.63) is 0 Å². The summed E-state index contributed by atoms with van der Waals surface area (Å²) in [7, 11) is 0. The fraction of sp³-hybridized carbons (Fsp3) is 0.875. The number of amides is 1. The minimum atomic E-state index is -0.393. The fourth-order valence-electron chi connectivity index (χ4n) is 0.589. The molecule has 0 heterocycles. The average molecular weight is 285 g/mol. The van der Waals surface area contributed by atoms with Crippen molar-refractivity contribution in [2.45, 2.75) is 33.3 Å². The second-order valence-electron chi connectivity index (χ2n) is 3.46. The Bertz CT molecular complexity index is 150. The van der Waals surface area contributed by atoms with Crippen molar-refractivity contribution in [1.29, 1.82) is 0 Å². The lowest BCUT2D eigenvalue weighted by Gasteiger charge is -2.24. The van der Waals surface area contributed by atoms with Crippen molar-refractivity contribution >= 4 is 28.7 Å². The third-order valence-corrected chi connectivity index (χ3v) is 2.00. The van der Waals surface area contributed by atoms with E-state index in [0.29, 0.717) is 11.1 Å². The Morgan fingerprint density at radius 2 is 2.00 bits per heavy atom. The average Bonchev–Trinajstić information content (AvgIpc) is 1.85. The van der Waals surface area contributed by atoms with Crippen LogP contribution in [0.2, 0.25) is 0 Å². The highest BCUT2D eigenvalue weighted by atomic mass is 127. The first kappa shape index (κ1) is 12.0. The van der Waals surface area contributed by atoms with Crippen molar-refractivity contribution in [1.82, 2.24) is 4.90 Å². The van der Waals surface area contributed by atoms with Gasteiger partial charge in [-0.2, -0.15) is 0 Å². The van der Waals surface area contributed by atoms with E-state index in [1.807, 2.05) is 27.7 Å². The Hall–Kier alpha value is 0. The van der Waals surface area contributed by atoms with Crippen molar-refractivity contribution in [2.75, 3.05) is 11.1 Å². The molecule has 12 heavy (non-hydrogen) atoms. The van der Waals surface area contributed by atoms with E-state index in [1.54, 1.807) is 4.90 Å². The first-order valence-electron chi connectivity index (χ1n) is 3.94. The number of nitrogens with zero attached hydrogens (tertiary/aromatic N) is 1. The summed E-state index contributed by atoms with van der Waals surface area (Å²) in [6.07, 6.45) is -0.237. The van der Waals surface area contributed by atoms with Gasteiger partial charge in [0, 0.05) is 6.54 Å². The van der Waals surface area contributed by atoms with Crippen LogP contribution >= 0.6 is 22.6 Å². The number of hydrogen-bond acceptors (Lipinski definition) is 2. The smallest absolute Gasteiger partial charge is 0.410 e. The predicted molar refractivity (Wildman–Crippen MR) is 57.5 cm³/mol. The summed E-state index contributed by atoms with van der Waals surface area (Å²) in [5.41, 5.74) is -0.393. The zero-order valence-corrected chi connectivity index (χ0v) is 10.2. The first-order chi connectivity index (χ1) is 5.40. The molecule has 0 aromatic rings. The van der Waals surface area contributed by atoms with E-state index in [1.165, 1.54) is 0 Å². The summed E-state index contributed by atoms with van der Waals surface area (Å²) in [5.74, 6) is 0. The molecule has 0 spiro atoms. The van der Waals surface area contributed by atoms with Gasteiger partial charge in [-0.15, -0.1) is 0 Å². The van der Waals surface area contributed by atoms with Crippen LogP contribution in [0.4, 0.5) is 4.79 Å². The number of carbonyl (C=O) groups excluding carboxylic acids is 1. The van der Waals surface area contributed by atoms with Gasteiger partial charge >= 0.3 is 6.09 Å². The zero-order chi connectivity index (χ0) is 9.78. The van der Waals surface area contributed by atoms with E-state index in [4.69, 9.17) is 4.74 Å². The highest BCUT2D eigenvalue weighted by Gasteiger charge is 2.19. The van der Waals surface area contributed by atoms with Gasteiger partial charge in [-0.3, -0.25) is 4.90 Å². The predicted octanol–water partition coefficient (Wildman–Crippen LogP) is 2.64. The maximum atomic E-state index is 11.3. The molecule has 0 unspecified atom stereocenters. The van der Waals surface area contributed by atoms with Crippen LogP contribution in [0.15, 0.2) is 0 Å². The SMILES string of the molecule is CCN(CI)C(=O)OC(C)(C)C. The van der Waals surface area contributed by atoms with Gasteiger partial charge in [0.05, 0.1) is 4.55 Å². The summed E-state index contributed by atoms with van der Waals surface area (Å²) in [6.45, 7) is 8.23. The highest BCUT2D eigenvalue weighted by Crippen LogP contribution is 2.10. The summed E-state index contributed by atoms with van der Waals surface area (Å²) < 4.78 is 5.83. The van der Waals surface area contributed by atoms with Gasteiger partial charge in [-0.1, -0.05) is 22.6 Å². The Morgan fingerprint density at radius 1 is 1.50 bits per heavy atom. The molecule has 4 heteroatoms. The van der Waals surface area contributed by atoms with Crippen molar-refractivity contribution < 1.29 is 9.53 Å². The molecular weight excluding hydrogens is 269 g/mol. The number of rotatable bonds is 2. The zero-order valence-electron chi connectivity index (χ0n) is 8.06. The molecule has 0 saturated heterocycles. The number of carbonyl (C=O) groups is 1. The van der Waals surface area contributed by atoms with Crippen LogP contribution in [0.5, 0.6) is 0 Å². The van der Waals surface area contributed by atoms with E-state index >= 15 is 0 Å². The molecule has 72 valence electrons. The topological polar surface area (TPSA) is 29.5 Å². The molecule has 0 aromatic carbocycles. The number of hydrogen-bond donors (Lipinski definition) is 0. The molecule has 0 saturated carbocycles. The lowest BCUT2D eigenvalue weighted by molar-refractivity contribution is 0.0302. The second-order valence-corrected chi connectivity index (χ2v) is 4.14. The molecule has 0 atom stereocenters. The molecule has 0 radical (unpaired) electrons. The number of halogens is 1. The minimum absolute atomic E-state index is 0.237. The van der Waals surface area contributed by atoms with Gasteiger partial charge in [0.1, 0.15) is 5.60 Å². The molecule has 3 nitrogen and oxygen atoms in total. The van der Waals surface area contributed by atoms with Gasteiger partial charge in [-0.25, -0.2) is 4.79 Å². The molecule has 0 aromatic heterocycles. The Labute approximate surface area is 87.6 Å². The lowest BCUT2D eigenvalue weighted by atomic mass is 10.2. The number of alkyl halides is 1. The van der Waals surface area contributed by atoms with E-state index in [9.17, 15) is 4.79 Å². The van der Waals surface area contributed by atoms with Crippen LogP contribution in [0.3, 0.4) is 0 Å². The Kier molecular flexibility index (Phi) is 4.89. The van der Waals surface area contributed by atoms with Crippen LogP contribution < -0.4 is 0 Å². The standard InChI is InChI=1S/C8H16INO2/c1-5-10(6-9)7(11)12-8(2,3)4/h5-6H2,1-4H3. The maximum Gasteiger partial charge on any atom is 0.410 e. The van der Waals surface area contributed by atoms with Crippen molar-refractivity contribution in [2.24, 2.45) is 0 Å². The molecule has 1 amide bonds. The van der Waals surface area contributed by atoms with Gasteiger partial charge in [-0.05, 0) is 27.7 Å². The fourth-order valence-corrected chi connectivity index (χ4v) is 1.35. The van der Waals surface area contributed by atoms with Crippen molar-refractivity contribution in [3.8, 4) is 0 Å². The van der Waals surface area contributed by atoms with Crippen molar-refractivity contribution in [3.63, 3.8) is 0 Å². The summed E-state index contributed by atoms with van der Waals surface area (Å²) in [5, 5.41) is 0. The molecule has 0 aliphatic heterocycles. The molecule has 0 fully saturated rings. The molecule has 0 aliphatic rings. The summed E-state index contributed by atoms with van der Waals surface area (Å²) >= 11 is 2.14. The summed E-state index contributed by atoms with van der Waals surface area (Å²) in [6, 6.07) is 0. The van der Waals surface area contributed by atoms with Crippen LogP contribution in [-0.4, -0.2) is 27.7 Å². The lowest BCUT2D eigenvalue weighted by Crippen LogP contribution is -2.35. The van der Waals surface area contributed by atoms with Crippen LogP contribution in [0, 0.1) is 0 Å². The first-order valence-corrected chi connectivity index (χ1v) is 5.47. The van der Waals surface area contributed by atoms with Gasteiger partial charge in [0.2, 0.25) is 0 Å². The Morgan fingerprint density at radius 3 is 2.25 bits per heavy atom. The van der Waals surface area contributed by atoms with E-state index in [0.717, 1.165) is 0 Å². The molecule has 0 aliphatic carbocycles. The molecule has 0 rings (SSSR count). The highest BCUT2D eigenvalue weighted by molar-refractivity contribution is 14.1. The third-order valence-electron chi connectivity index (χ3n) is 1.18. The monoisotopic (exact) mass is 285 g/mol. The third kappa shape index (κ3) is 4.79. The molecular formula is C8H16INO2. The van der Waals surface area contributed by atoms with Crippen LogP contribution in [-0.2, 0) is 4.74 Å². The number of ether oxygens (including phenoxy) is 1. The van der Waals surface area contributed by atoms with Gasteiger partial charge in [0.25, 0.3) is 0 Å².